The molecular weight excluding hydrogens is 619 g/mol. The maximum Gasteiger partial charge on any atom is 0.160 e. The molecule has 2 aromatic heterocycles. The molecule has 10 rings (SSSR count). The molecule has 0 saturated carbocycles. The molecule has 0 aliphatic heterocycles. The third-order valence-electron chi connectivity index (χ3n) is 10.0. The lowest BCUT2D eigenvalue weighted by molar-refractivity contribution is 1.17. The molecule has 0 fully saturated rings. The van der Waals surface area contributed by atoms with Gasteiger partial charge in [-0.25, -0.2) is 9.97 Å². The second-order valence-electron chi connectivity index (χ2n) is 13.0. The Bertz CT molecular complexity index is 2830. The number of fused-ring (bicyclic) bond motifs is 6. The predicted molar refractivity (Wildman–Crippen MR) is 213 cm³/mol. The van der Waals surface area contributed by atoms with Crippen molar-refractivity contribution in [3.63, 3.8) is 0 Å². The van der Waals surface area contributed by atoms with Gasteiger partial charge in [0.15, 0.2) is 5.82 Å². The first-order valence-corrected chi connectivity index (χ1v) is 17.3. The van der Waals surface area contributed by atoms with Crippen LogP contribution in [0.5, 0.6) is 0 Å². The highest BCUT2D eigenvalue weighted by Gasteiger charge is 2.16. The van der Waals surface area contributed by atoms with Crippen LogP contribution in [-0.2, 0) is 0 Å². The molecule has 238 valence electrons. The van der Waals surface area contributed by atoms with E-state index in [0.29, 0.717) is 5.82 Å². The molecule has 0 N–H and O–H groups in total. The van der Waals surface area contributed by atoms with Crippen LogP contribution < -0.4 is 0 Å². The van der Waals surface area contributed by atoms with Gasteiger partial charge in [0.2, 0.25) is 0 Å². The molecule has 0 aliphatic rings. The highest BCUT2D eigenvalue weighted by molar-refractivity contribution is 6.21. The maximum atomic E-state index is 5.05. The predicted octanol–water partition coefficient (Wildman–Crippen LogP) is 12.5. The second-order valence-corrected chi connectivity index (χ2v) is 13.0. The minimum absolute atomic E-state index is 0.717. The number of benzene rings is 8. The SMILES string of the molecule is c1ccc(-c2cc(-c3ccc(-n4c5ccccc5c5c6ccc(-c7cccc8ccccc78)cc6ccc54)cc3)nc(-c3ccccc3)n2)cc1. The van der Waals surface area contributed by atoms with Gasteiger partial charge in [0, 0.05) is 33.2 Å². The van der Waals surface area contributed by atoms with Crippen LogP contribution in [-0.4, -0.2) is 14.5 Å². The van der Waals surface area contributed by atoms with Crippen LogP contribution in [0.4, 0.5) is 0 Å². The van der Waals surface area contributed by atoms with Crippen LogP contribution >= 0.6 is 0 Å². The van der Waals surface area contributed by atoms with Crippen molar-refractivity contribution in [2.75, 3.05) is 0 Å². The van der Waals surface area contributed by atoms with Gasteiger partial charge in [-0.2, -0.15) is 0 Å². The van der Waals surface area contributed by atoms with E-state index in [1.54, 1.807) is 0 Å². The molecule has 51 heavy (non-hydrogen) atoms. The van der Waals surface area contributed by atoms with E-state index in [4.69, 9.17) is 9.97 Å². The normalized spacial score (nSPS) is 11.5. The van der Waals surface area contributed by atoms with E-state index in [9.17, 15) is 0 Å². The Morgan fingerprint density at radius 2 is 0.980 bits per heavy atom. The van der Waals surface area contributed by atoms with Crippen molar-refractivity contribution in [2.45, 2.75) is 0 Å². The topological polar surface area (TPSA) is 30.7 Å². The summed E-state index contributed by atoms with van der Waals surface area (Å²) in [6.45, 7) is 0. The van der Waals surface area contributed by atoms with Gasteiger partial charge >= 0.3 is 0 Å². The fourth-order valence-electron chi connectivity index (χ4n) is 7.57. The average Bonchev–Trinajstić information content (AvgIpc) is 3.56. The van der Waals surface area contributed by atoms with Crippen molar-refractivity contribution in [3.8, 4) is 50.7 Å². The van der Waals surface area contributed by atoms with Crippen LogP contribution in [0.1, 0.15) is 0 Å². The van der Waals surface area contributed by atoms with Crippen molar-refractivity contribution in [1.29, 1.82) is 0 Å². The van der Waals surface area contributed by atoms with E-state index in [0.717, 1.165) is 33.8 Å². The minimum Gasteiger partial charge on any atom is -0.309 e. The van der Waals surface area contributed by atoms with E-state index >= 15 is 0 Å². The highest BCUT2D eigenvalue weighted by atomic mass is 15.0. The molecule has 0 radical (unpaired) electrons. The number of nitrogens with zero attached hydrogens (tertiary/aromatic N) is 3. The van der Waals surface area contributed by atoms with E-state index in [1.165, 1.54) is 54.5 Å². The summed E-state index contributed by atoms with van der Waals surface area (Å²) >= 11 is 0. The van der Waals surface area contributed by atoms with E-state index < -0.39 is 0 Å². The van der Waals surface area contributed by atoms with Gasteiger partial charge in [-0.05, 0) is 69.1 Å². The summed E-state index contributed by atoms with van der Waals surface area (Å²) in [7, 11) is 0. The molecule has 0 spiro atoms. The molecule has 2 heterocycles. The van der Waals surface area contributed by atoms with Gasteiger partial charge in [-0.1, -0.05) is 152 Å². The van der Waals surface area contributed by atoms with Crippen LogP contribution in [0.2, 0.25) is 0 Å². The molecule has 3 heteroatoms. The summed E-state index contributed by atoms with van der Waals surface area (Å²) in [6.07, 6.45) is 0. The lowest BCUT2D eigenvalue weighted by atomic mass is 9.95. The lowest BCUT2D eigenvalue weighted by Crippen LogP contribution is -1.97. The fraction of sp³-hybridized carbons (Fsp3) is 0. The van der Waals surface area contributed by atoms with Crippen LogP contribution in [0.3, 0.4) is 0 Å². The Morgan fingerprint density at radius 1 is 0.353 bits per heavy atom. The van der Waals surface area contributed by atoms with Crippen LogP contribution in [0, 0.1) is 0 Å². The Labute approximate surface area is 295 Å². The van der Waals surface area contributed by atoms with Crippen molar-refractivity contribution in [2.24, 2.45) is 0 Å². The first-order chi connectivity index (χ1) is 25.3. The van der Waals surface area contributed by atoms with Gasteiger partial charge in [0.1, 0.15) is 0 Å². The average molecular weight is 650 g/mol. The van der Waals surface area contributed by atoms with Crippen molar-refractivity contribution < 1.29 is 0 Å². The summed E-state index contributed by atoms with van der Waals surface area (Å²) in [5.41, 5.74) is 10.9. The van der Waals surface area contributed by atoms with Crippen molar-refractivity contribution in [1.82, 2.24) is 14.5 Å². The zero-order chi connectivity index (χ0) is 33.7. The standard InChI is InChI=1S/C48H31N3/c1-3-13-33(14-4-1)43-31-44(50-48(49-43)35-15-5-2-6-16-35)34-22-26-38(27-23-34)51-45-21-10-9-19-42(45)47-41-28-24-36(30-37(41)25-29-46(47)51)40-20-11-17-32-12-7-8-18-39(32)40/h1-31H. The zero-order valence-corrected chi connectivity index (χ0v) is 27.7. The van der Waals surface area contributed by atoms with Gasteiger partial charge in [0.25, 0.3) is 0 Å². The molecule has 0 aliphatic carbocycles. The Morgan fingerprint density at radius 3 is 1.76 bits per heavy atom. The summed E-state index contributed by atoms with van der Waals surface area (Å²) in [6, 6.07) is 66.8. The summed E-state index contributed by atoms with van der Waals surface area (Å²) in [4.78, 5) is 10.0. The van der Waals surface area contributed by atoms with Crippen molar-refractivity contribution >= 4 is 43.4 Å². The monoisotopic (exact) mass is 649 g/mol. The second kappa shape index (κ2) is 11.9. The highest BCUT2D eigenvalue weighted by Crippen LogP contribution is 2.39. The molecular formula is C48H31N3. The molecule has 3 nitrogen and oxygen atoms in total. The molecule has 0 unspecified atom stereocenters. The molecule has 0 atom stereocenters. The number of aromatic nitrogens is 3. The largest absolute Gasteiger partial charge is 0.309 e. The first kappa shape index (κ1) is 29.1. The van der Waals surface area contributed by atoms with E-state index in [2.05, 4.69) is 156 Å². The Balaban J connectivity index is 1.10. The quantitative estimate of drug-likeness (QED) is 0.186. The van der Waals surface area contributed by atoms with Crippen LogP contribution in [0.15, 0.2) is 188 Å². The van der Waals surface area contributed by atoms with E-state index in [-0.39, 0.29) is 0 Å². The van der Waals surface area contributed by atoms with Gasteiger partial charge in [-0.3, -0.25) is 0 Å². The maximum absolute atomic E-state index is 5.05. The van der Waals surface area contributed by atoms with Gasteiger partial charge < -0.3 is 4.57 Å². The molecule has 8 aromatic carbocycles. The Hall–Kier alpha value is -6.84. The lowest BCUT2D eigenvalue weighted by Gasteiger charge is -2.12. The number of hydrogen-bond donors (Lipinski definition) is 0. The Kier molecular flexibility index (Phi) is 6.81. The van der Waals surface area contributed by atoms with E-state index in [1.807, 2.05) is 36.4 Å². The van der Waals surface area contributed by atoms with Gasteiger partial charge in [0.05, 0.1) is 22.4 Å². The fourth-order valence-corrected chi connectivity index (χ4v) is 7.57. The third kappa shape index (κ3) is 4.98. The molecule has 0 amide bonds. The van der Waals surface area contributed by atoms with Crippen LogP contribution in [0.25, 0.3) is 94.1 Å². The summed E-state index contributed by atoms with van der Waals surface area (Å²) < 4.78 is 2.39. The molecule has 10 aromatic rings. The summed E-state index contributed by atoms with van der Waals surface area (Å²) in [5.74, 6) is 0.717. The number of rotatable bonds is 5. The first-order valence-electron chi connectivity index (χ1n) is 17.3. The number of hydrogen-bond acceptors (Lipinski definition) is 2. The van der Waals surface area contributed by atoms with Crippen molar-refractivity contribution in [3.05, 3.63) is 188 Å². The smallest absolute Gasteiger partial charge is 0.160 e. The zero-order valence-electron chi connectivity index (χ0n) is 27.7. The molecule has 0 bridgehead atoms. The third-order valence-corrected chi connectivity index (χ3v) is 10.0. The number of para-hydroxylation sites is 1. The minimum atomic E-state index is 0.717. The molecule has 0 saturated heterocycles. The summed E-state index contributed by atoms with van der Waals surface area (Å²) in [5, 5.41) is 7.54. The van der Waals surface area contributed by atoms with Gasteiger partial charge in [-0.15, -0.1) is 0 Å².